The maximum atomic E-state index is 13.3. The molecule has 0 nitrogen and oxygen atoms in total. The van der Waals surface area contributed by atoms with Gasteiger partial charge in [0, 0.05) is 23.9 Å². The van der Waals surface area contributed by atoms with Gasteiger partial charge in [-0.25, -0.2) is 0 Å². The van der Waals surface area contributed by atoms with E-state index in [0.29, 0.717) is 16.0 Å². The lowest BCUT2D eigenvalue weighted by Gasteiger charge is -2.00. The molecule has 0 saturated carbocycles. The van der Waals surface area contributed by atoms with E-state index in [4.69, 9.17) is 0 Å². The van der Waals surface area contributed by atoms with E-state index in [2.05, 4.69) is 0 Å². The van der Waals surface area contributed by atoms with Crippen LogP contribution in [0.25, 0.3) is 10.1 Å². The Morgan fingerprint density at radius 1 is 1.00 bits per heavy atom. The van der Waals surface area contributed by atoms with Crippen LogP contribution in [0.15, 0.2) is 24.3 Å². The van der Waals surface area contributed by atoms with Crippen molar-refractivity contribution in [2.45, 2.75) is 45.0 Å². The van der Waals surface area contributed by atoms with Gasteiger partial charge in [-0.15, -0.1) is 13.2 Å². The van der Waals surface area contributed by atoms with Crippen molar-refractivity contribution >= 4 is 20.6 Å². The van der Waals surface area contributed by atoms with Crippen LogP contribution in [-0.2, 0) is 18.3 Å². The quantitative estimate of drug-likeness (QED) is 0.729. The van der Waals surface area contributed by atoms with E-state index >= 15 is 0 Å². The third-order valence-corrected chi connectivity index (χ3v) is 5.25. The molecular formula is C15H18BrF3S. The van der Waals surface area contributed by atoms with E-state index in [9.17, 15) is 13.2 Å². The number of rotatable bonds is 4. The first-order chi connectivity index (χ1) is 8.97. The van der Waals surface area contributed by atoms with E-state index in [1.165, 1.54) is 0 Å². The number of alkyl halides is 3. The van der Waals surface area contributed by atoms with Crippen molar-refractivity contribution in [3.63, 3.8) is 0 Å². The number of hydrogen-bond donors (Lipinski definition) is 0. The van der Waals surface area contributed by atoms with Gasteiger partial charge in [0.2, 0.25) is 0 Å². The second-order valence-corrected chi connectivity index (χ2v) is 6.77. The molecule has 1 unspecified atom stereocenters. The summed E-state index contributed by atoms with van der Waals surface area (Å²) in [6.07, 6.45) is 3.07. The van der Waals surface area contributed by atoms with Crippen LogP contribution in [0.4, 0.5) is 13.2 Å². The molecule has 2 rings (SSSR count). The molecule has 0 N–H and O–H groups in total. The minimum Gasteiger partial charge on any atom is -1.00 e. The number of benzene rings is 1. The zero-order valence-electron chi connectivity index (χ0n) is 11.6. The second kappa shape index (κ2) is 6.94. The fraction of sp³-hybridized carbons (Fsp3) is 0.467. The van der Waals surface area contributed by atoms with Crippen LogP contribution >= 0.6 is 10.5 Å². The molecule has 0 aliphatic rings. The molecule has 1 aromatic carbocycles. The van der Waals surface area contributed by atoms with Gasteiger partial charge < -0.3 is 17.0 Å². The van der Waals surface area contributed by atoms with Gasteiger partial charge in [0.15, 0.2) is 9.58 Å². The van der Waals surface area contributed by atoms with E-state index in [1.807, 2.05) is 26.0 Å². The van der Waals surface area contributed by atoms with Gasteiger partial charge in [0.1, 0.15) is 0 Å². The number of fused-ring (bicyclic) bond motifs is 1. The number of thiophene rings is 1. The summed E-state index contributed by atoms with van der Waals surface area (Å²) >= 11 is 0. The zero-order chi connectivity index (χ0) is 14.0. The van der Waals surface area contributed by atoms with Crippen molar-refractivity contribution in [3.8, 4) is 0 Å². The summed E-state index contributed by atoms with van der Waals surface area (Å²) in [7, 11) is -1.71. The zero-order valence-corrected chi connectivity index (χ0v) is 14.0. The Hall–Kier alpha value is -0.550. The van der Waals surface area contributed by atoms with Gasteiger partial charge in [-0.05, 0) is 24.5 Å². The summed E-state index contributed by atoms with van der Waals surface area (Å²) in [6.45, 7) is 3.96. The molecule has 2 aromatic rings. The highest BCUT2D eigenvalue weighted by Crippen LogP contribution is 2.51. The number of aryl methyl sites for hydroxylation is 2. The monoisotopic (exact) mass is 366 g/mol. The van der Waals surface area contributed by atoms with Crippen molar-refractivity contribution in [3.05, 3.63) is 34.7 Å². The predicted octanol–water partition coefficient (Wildman–Crippen LogP) is 2.97. The summed E-state index contributed by atoms with van der Waals surface area (Å²) in [5, 5.41) is 0.754. The number of hydrogen-bond acceptors (Lipinski definition) is 0. The lowest BCUT2D eigenvalue weighted by Crippen LogP contribution is -3.00. The van der Waals surface area contributed by atoms with E-state index in [1.54, 1.807) is 12.1 Å². The van der Waals surface area contributed by atoms with Gasteiger partial charge in [-0.2, -0.15) is 0 Å². The van der Waals surface area contributed by atoms with Crippen molar-refractivity contribution in [1.82, 2.24) is 0 Å². The Morgan fingerprint density at radius 3 is 2.20 bits per heavy atom. The molecule has 0 amide bonds. The fourth-order valence-electron chi connectivity index (χ4n) is 2.39. The summed E-state index contributed by atoms with van der Waals surface area (Å²) in [4.78, 5) is 0.540. The predicted molar refractivity (Wildman–Crippen MR) is 75.7 cm³/mol. The molecule has 0 aliphatic heterocycles. The van der Waals surface area contributed by atoms with Crippen LogP contribution in [-0.4, -0.2) is 0 Å². The van der Waals surface area contributed by atoms with Gasteiger partial charge >= 0.3 is 5.51 Å². The maximum absolute atomic E-state index is 13.3. The van der Waals surface area contributed by atoms with Gasteiger partial charge in [-0.3, -0.25) is 0 Å². The van der Waals surface area contributed by atoms with Crippen molar-refractivity contribution in [2.75, 3.05) is 0 Å². The molecule has 0 spiro atoms. The summed E-state index contributed by atoms with van der Waals surface area (Å²) in [6, 6.07) is 7.29. The normalized spacial score (nSPS) is 12.6. The van der Waals surface area contributed by atoms with Crippen LogP contribution in [0.5, 0.6) is 0 Å². The van der Waals surface area contributed by atoms with Crippen molar-refractivity contribution in [1.29, 1.82) is 0 Å². The Labute approximate surface area is 130 Å². The van der Waals surface area contributed by atoms with Gasteiger partial charge in [-0.1, -0.05) is 26.3 Å². The van der Waals surface area contributed by atoms with Gasteiger partial charge in [0.05, 0.1) is 10.5 Å². The Balaban J connectivity index is 0.00000200. The summed E-state index contributed by atoms with van der Waals surface area (Å²) in [5.41, 5.74) is -3.15. The highest BCUT2D eigenvalue weighted by atomic mass is 79.9. The minimum absolute atomic E-state index is 0. The molecule has 20 heavy (non-hydrogen) atoms. The molecule has 1 heterocycles. The first-order valence-corrected chi connectivity index (χ1v) is 7.84. The minimum atomic E-state index is -4.16. The molecule has 1 atom stereocenters. The Morgan fingerprint density at radius 2 is 1.65 bits per heavy atom. The molecular weight excluding hydrogens is 349 g/mol. The van der Waals surface area contributed by atoms with E-state index in [-0.39, 0.29) is 17.0 Å². The van der Waals surface area contributed by atoms with Crippen LogP contribution in [0.2, 0.25) is 0 Å². The van der Waals surface area contributed by atoms with Gasteiger partial charge in [0.25, 0.3) is 0 Å². The Kier molecular flexibility index (Phi) is 6.07. The molecule has 0 fully saturated rings. The third-order valence-electron chi connectivity index (χ3n) is 3.14. The average molecular weight is 367 g/mol. The first kappa shape index (κ1) is 17.5. The SMILES string of the molecule is CCCc1ccc2cc(CCC)[s+](C(F)(F)F)c2c1.[Br-]. The lowest BCUT2D eigenvalue weighted by molar-refractivity contribution is -0.0867. The maximum Gasteiger partial charge on any atom is 0.600 e. The fourth-order valence-corrected chi connectivity index (χ4v) is 4.50. The highest BCUT2D eigenvalue weighted by molar-refractivity contribution is 7.38. The lowest BCUT2D eigenvalue weighted by atomic mass is 10.1. The number of halogens is 4. The average Bonchev–Trinajstić information content (AvgIpc) is 2.67. The molecule has 0 saturated heterocycles. The molecule has 0 radical (unpaired) electrons. The van der Waals surface area contributed by atoms with E-state index < -0.39 is 16.0 Å². The van der Waals surface area contributed by atoms with E-state index in [0.717, 1.165) is 30.2 Å². The Bertz CT molecular complexity index is 572. The second-order valence-electron chi connectivity index (χ2n) is 4.73. The summed E-state index contributed by atoms with van der Waals surface area (Å²) in [5.74, 6) is 0. The topological polar surface area (TPSA) is 0 Å². The molecule has 1 aromatic heterocycles. The van der Waals surface area contributed by atoms with Crippen LogP contribution in [0.1, 0.15) is 37.1 Å². The molecule has 112 valence electrons. The molecule has 5 heteroatoms. The smallest absolute Gasteiger partial charge is 0.600 e. The van der Waals surface area contributed by atoms with Crippen LogP contribution < -0.4 is 17.0 Å². The molecule has 0 aliphatic carbocycles. The van der Waals surface area contributed by atoms with Crippen LogP contribution in [0.3, 0.4) is 0 Å². The third kappa shape index (κ3) is 3.55. The largest absolute Gasteiger partial charge is 1.00 e. The summed E-state index contributed by atoms with van der Waals surface area (Å²) < 4.78 is 40.4. The van der Waals surface area contributed by atoms with Crippen molar-refractivity contribution < 1.29 is 30.2 Å². The first-order valence-electron chi connectivity index (χ1n) is 6.62. The van der Waals surface area contributed by atoms with Crippen molar-refractivity contribution in [2.24, 2.45) is 0 Å². The van der Waals surface area contributed by atoms with Crippen LogP contribution in [0, 0.1) is 0 Å². The molecule has 0 bridgehead atoms. The standard InChI is InChI=1S/C15H18F3S.BrH/c1-3-5-11-7-8-12-10-13(6-4-2)19(14(12)9-11)15(16,17)18;/h7-10H,3-6H2,1-2H3;1H/q+1;/p-1. The highest BCUT2D eigenvalue weighted by Gasteiger charge is 2.47.